The molecule has 0 aromatic heterocycles. The molecule has 0 fully saturated rings. The second-order valence-electron chi connectivity index (χ2n) is 5.07. The summed E-state index contributed by atoms with van der Waals surface area (Å²) in [6.45, 7) is 3.55. The van der Waals surface area contributed by atoms with Crippen LogP contribution in [0.25, 0.3) is 0 Å². The summed E-state index contributed by atoms with van der Waals surface area (Å²) in [6, 6.07) is 14.6. The van der Waals surface area contributed by atoms with E-state index < -0.39 is 12.2 Å². The highest BCUT2D eigenvalue weighted by Gasteiger charge is 2.25. The van der Waals surface area contributed by atoms with Gasteiger partial charge in [-0.2, -0.15) is 0 Å². The number of hydrogen-bond acceptors (Lipinski definition) is 3. The van der Waals surface area contributed by atoms with Crippen LogP contribution in [0, 0.1) is 0 Å². The van der Waals surface area contributed by atoms with Crippen molar-refractivity contribution in [3.63, 3.8) is 0 Å². The number of benzene rings is 2. The first-order chi connectivity index (χ1) is 11.0. The Balaban J connectivity index is 2.28. The predicted molar refractivity (Wildman–Crippen MR) is 92.1 cm³/mol. The van der Waals surface area contributed by atoms with Gasteiger partial charge in [-0.05, 0) is 30.7 Å². The quantitative estimate of drug-likeness (QED) is 0.648. The molecule has 122 valence electrons. The molecule has 0 saturated heterocycles. The molecule has 3 nitrogen and oxygen atoms in total. The molecule has 0 saturated carbocycles. The monoisotopic (exact) mass is 352 g/mol. The minimum Gasteiger partial charge on any atom is -0.480 e. The van der Waals surface area contributed by atoms with Crippen LogP contribution in [0.1, 0.15) is 31.9 Å². The van der Waals surface area contributed by atoms with Gasteiger partial charge in [-0.3, -0.25) is 4.79 Å². The minimum absolute atomic E-state index is 0.274. The smallest absolute Gasteiger partial charge is 0.305 e. The van der Waals surface area contributed by atoms with Crippen molar-refractivity contribution in [2.24, 2.45) is 0 Å². The molecule has 2 atom stereocenters. The number of halogens is 2. The molecule has 5 heteroatoms. The zero-order valence-corrected chi connectivity index (χ0v) is 14.5. The average molecular weight is 353 g/mol. The molecule has 1 unspecified atom stereocenters. The van der Waals surface area contributed by atoms with Crippen LogP contribution in [0.5, 0.6) is 5.75 Å². The Kier molecular flexibility index (Phi) is 6.31. The predicted octanol–water partition coefficient (Wildman–Crippen LogP) is 5.46. The fraction of sp³-hybridized carbons (Fsp3) is 0.278. The van der Waals surface area contributed by atoms with Crippen molar-refractivity contribution in [1.29, 1.82) is 0 Å². The van der Waals surface area contributed by atoms with Crippen molar-refractivity contribution in [3.8, 4) is 5.75 Å². The third kappa shape index (κ3) is 4.88. The molecule has 23 heavy (non-hydrogen) atoms. The maximum Gasteiger partial charge on any atom is 0.305 e. The van der Waals surface area contributed by atoms with E-state index in [0.717, 1.165) is 5.56 Å². The number of carbonyl (C=O) groups is 1. The lowest BCUT2D eigenvalue weighted by atomic mass is 10.1. The normalized spacial score (nSPS) is 13.2. The number of ether oxygens (including phenoxy) is 2. The van der Waals surface area contributed by atoms with Gasteiger partial charge in [0.25, 0.3) is 0 Å². The van der Waals surface area contributed by atoms with Gasteiger partial charge in [0, 0.05) is 11.4 Å². The molecule has 2 aromatic rings. The van der Waals surface area contributed by atoms with Crippen molar-refractivity contribution in [2.45, 2.75) is 32.5 Å². The first kappa shape index (κ1) is 17.6. The molecule has 0 radical (unpaired) electrons. The zero-order valence-electron chi connectivity index (χ0n) is 13.0. The summed E-state index contributed by atoms with van der Waals surface area (Å²) in [7, 11) is 0. The summed E-state index contributed by atoms with van der Waals surface area (Å²) in [5.74, 6) is 0.216. The molecule has 0 N–H and O–H groups in total. The summed E-state index contributed by atoms with van der Waals surface area (Å²) >= 11 is 12.1. The molecule has 0 aliphatic heterocycles. The van der Waals surface area contributed by atoms with Crippen LogP contribution in [0.2, 0.25) is 10.0 Å². The molecular weight excluding hydrogens is 335 g/mol. The van der Waals surface area contributed by atoms with E-state index in [-0.39, 0.29) is 5.97 Å². The summed E-state index contributed by atoms with van der Waals surface area (Å²) in [5, 5.41) is 0.941. The van der Waals surface area contributed by atoms with Gasteiger partial charge < -0.3 is 9.47 Å². The number of hydrogen-bond donors (Lipinski definition) is 0. The van der Waals surface area contributed by atoms with Crippen LogP contribution in [-0.4, -0.2) is 12.1 Å². The van der Waals surface area contributed by atoms with E-state index in [9.17, 15) is 4.79 Å². The molecule has 0 bridgehead atoms. The number of rotatable bonds is 6. The Morgan fingerprint density at radius 2 is 1.83 bits per heavy atom. The fourth-order valence-electron chi connectivity index (χ4n) is 2.14. The van der Waals surface area contributed by atoms with E-state index in [1.807, 2.05) is 30.3 Å². The maximum atomic E-state index is 11.6. The Morgan fingerprint density at radius 1 is 1.13 bits per heavy atom. The van der Waals surface area contributed by atoms with Gasteiger partial charge in [-0.25, -0.2) is 0 Å². The van der Waals surface area contributed by atoms with Gasteiger partial charge in [0.15, 0.2) is 6.10 Å². The lowest BCUT2D eigenvalue weighted by molar-refractivity contribution is -0.152. The summed E-state index contributed by atoms with van der Waals surface area (Å²) in [4.78, 5) is 11.6. The van der Waals surface area contributed by atoms with Crippen LogP contribution >= 0.6 is 23.2 Å². The van der Waals surface area contributed by atoms with Crippen LogP contribution in [0.3, 0.4) is 0 Å². The fourth-order valence-corrected chi connectivity index (χ4v) is 2.59. The van der Waals surface area contributed by atoms with Gasteiger partial charge in [0.05, 0.1) is 5.02 Å². The molecule has 0 spiro atoms. The van der Waals surface area contributed by atoms with Crippen molar-refractivity contribution in [2.75, 3.05) is 0 Å². The molecule has 0 heterocycles. The third-order valence-corrected chi connectivity index (χ3v) is 3.84. The highest BCUT2D eigenvalue weighted by Crippen LogP contribution is 2.33. The summed E-state index contributed by atoms with van der Waals surface area (Å²) in [5.41, 5.74) is 0.898. The van der Waals surface area contributed by atoms with Crippen LogP contribution in [0.4, 0.5) is 0 Å². The third-order valence-electron chi connectivity index (χ3n) is 3.31. The van der Waals surface area contributed by atoms with E-state index in [2.05, 4.69) is 0 Å². The second-order valence-corrected chi connectivity index (χ2v) is 5.92. The summed E-state index contributed by atoms with van der Waals surface area (Å²) in [6.07, 6.45) is -0.616. The SMILES string of the molecule is CCC(=O)OC(C)[C@@H](Oc1ccc(Cl)cc1Cl)c1ccccc1. The van der Waals surface area contributed by atoms with Crippen molar-refractivity contribution in [1.82, 2.24) is 0 Å². The zero-order chi connectivity index (χ0) is 16.8. The van der Waals surface area contributed by atoms with Crippen molar-refractivity contribution in [3.05, 3.63) is 64.1 Å². The number of carbonyl (C=O) groups excluding carboxylic acids is 1. The highest BCUT2D eigenvalue weighted by molar-refractivity contribution is 6.35. The standard InChI is InChI=1S/C18H18Cl2O3/c1-3-17(21)22-12(2)18(13-7-5-4-6-8-13)23-16-10-9-14(19)11-15(16)20/h4-12,18H,3H2,1-2H3/t12?,18-/m1/s1. The molecule has 0 aliphatic carbocycles. The topological polar surface area (TPSA) is 35.5 Å². The van der Waals surface area contributed by atoms with Gasteiger partial charge in [0.2, 0.25) is 0 Å². The molecule has 0 amide bonds. The van der Waals surface area contributed by atoms with E-state index in [1.165, 1.54) is 0 Å². The van der Waals surface area contributed by atoms with Gasteiger partial charge in [0.1, 0.15) is 11.9 Å². The average Bonchev–Trinajstić information content (AvgIpc) is 2.54. The second kappa shape index (κ2) is 8.23. The van der Waals surface area contributed by atoms with E-state index in [1.54, 1.807) is 32.0 Å². The lowest BCUT2D eigenvalue weighted by Crippen LogP contribution is -2.26. The Morgan fingerprint density at radius 3 is 2.43 bits per heavy atom. The summed E-state index contributed by atoms with van der Waals surface area (Å²) < 4.78 is 11.4. The number of esters is 1. The van der Waals surface area contributed by atoms with Crippen LogP contribution in [-0.2, 0) is 9.53 Å². The first-order valence-corrected chi connectivity index (χ1v) is 8.13. The van der Waals surface area contributed by atoms with Crippen molar-refractivity contribution < 1.29 is 14.3 Å². The van der Waals surface area contributed by atoms with Crippen LogP contribution < -0.4 is 4.74 Å². The van der Waals surface area contributed by atoms with Crippen molar-refractivity contribution >= 4 is 29.2 Å². The molecular formula is C18H18Cl2O3. The lowest BCUT2D eigenvalue weighted by Gasteiger charge is -2.26. The Bertz CT molecular complexity index is 659. The molecule has 2 aromatic carbocycles. The van der Waals surface area contributed by atoms with E-state index in [0.29, 0.717) is 22.2 Å². The van der Waals surface area contributed by atoms with Crippen LogP contribution in [0.15, 0.2) is 48.5 Å². The molecule has 2 rings (SSSR count). The van der Waals surface area contributed by atoms with E-state index in [4.69, 9.17) is 32.7 Å². The van der Waals surface area contributed by atoms with Gasteiger partial charge in [-0.15, -0.1) is 0 Å². The minimum atomic E-state index is -0.467. The van der Waals surface area contributed by atoms with Gasteiger partial charge >= 0.3 is 5.97 Å². The Hall–Kier alpha value is -1.71. The maximum absolute atomic E-state index is 11.6. The van der Waals surface area contributed by atoms with Gasteiger partial charge in [-0.1, -0.05) is 60.5 Å². The highest BCUT2D eigenvalue weighted by atomic mass is 35.5. The first-order valence-electron chi connectivity index (χ1n) is 7.37. The Labute approximate surface area is 146 Å². The van der Waals surface area contributed by atoms with E-state index >= 15 is 0 Å². The molecule has 0 aliphatic rings. The largest absolute Gasteiger partial charge is 0.480 e.